The van der Waals surface area contributed by atoms with E-state index in [0.29, 0.717) is 5.56 Å². The molecular formula is C10H6FO3. The smallest absolute Gasteiger partial charge is 0.395 e. The Balaban J connectivity index is 2.54. The van der Waals surface area contributed by atoms with Crippen LogP contribution in [0.25, 0.3) is 11.3 Å². The minimum Gasteiger partial charge on any atom is -0.395 e. The molecule has 1 radical (unpaired) electrons. The first-order chi connectivity index (χ1) is 6.66. The van der Waals surface area contributed by atoms with Gasteiger partial charge < -0.3 is 8.83 Å². The second-order valence-corrected chi connectivity index (χ2v) is 2.71. The lowest BCUT2D eigenvalue weighted by Crippen LogP contribution is -1.85. The van der Waals surface area contributed by atoms with Crippen LogP contribution in [0.2, 0.25) is 0 Å². The van der Waals surface area contributed by atoms with Crippen LogP contribution in [-0.4, -0.2) is 0 Å². The van der Waals surface area contributed by atoms with Gasteiger partial charge in [-0.1, -0.05) is 0 Å². The molecule has 2 aromatic rings. The van der Waals surface area contributed by atoms with Gasteiger partial charge in [0, 0.05) is 12.5 Å². The van der Waals surface area contributed by atoms with E-state index in [0.717, 1.165) is 0 Å². The fourth-order valence-corrected chi connectivity index (χ4v) is 1.13. The SMILES string of the molecule is [CH2]c1oc(=O)oc1-c1ccc(F)cc1. The number of rotatable bonds is 1. The Labute approximate surface area is 78.8 Å². The Morgan fingerprint density at radius 1 is 1.14 bits per heavy atom. The van der Waals surface area contributed by atoms with E-state index in [-0.39, 0.29) is 17.3 Å². The fraction of sp³-hybridized carbons (Fsp3) is 0. The van der Waals surface area contributed by atoms with Gasteiger partial charge in [-0.25, -0.2) is 9.18 Å². The van der Waals surface area contributed by atoms with E-state index in [1.807, 2.05) is 0 Å². The minimum atomic E-state index is -0.811. The molecule has 4 heteroatoms. The van der Waals surface area contributed by atoms with Gasteiger partial charge in [0.15, 0.2) is 11.5 Å². The van der Waals surface area contributed by atoms with Crippen LogP contribution in [0.4, 0.5) is 4.39 Å². The van der Waals surface area contributed by atoms with Gasteiger partial charge in [0.2, 0.25) is 0 Å². The molecule has 0 spiro atoms. The molecule has 1 heterocycles. The zero-order valence-electron chi connectivity index (χ0n) is 7.12. The van der Waals surface area contributed by atoms with Crippen LogP contribution in [0.1, 0.15) is 5.76 Å². The standard InChI is InChI=1S/C10H6FO3/c1-6-9(14-10(12)13-6)7-2-4-8(11)5-3-7/h2-5H,1H2. The fourth-order valence-electron chi connectivity index (χ4n) is 1.13. The van der Waals surface area contributed by atoms with Crippen LogP contribution < -0.4 is 5.82 Å². The maximum Gasteiger partial charge on any atom is 0.519 e. The normalized spacial score (nSPS) is 10.4. The average Bonchev–Trinajstić information content (AvgIpc) is 2.47. The van der Waals surface area contributed by atoms with Crippen molar-refractivity contribution >= 4 is 0 Å². The third kappa shape index (κ3) is 1.46. The summed E-state index contributed by atoms with van der Waals surface area (Å²) in [6.07, 6.45) is 0. The molecule has 0 N–H and O–H groups in total. The van der Waals surface area contributed by atoms with Crippen molar-refractivity contribution in [3.05, 3.63) is 53.4 Å². The number of benzene rings is 1. The van der Waals surface area contributed by atoms with Crippen LogP contribution in [0.3, 0.4) is 0 Å². The predicted octanol–water partition coefficient (Wildman–Crippen LogP) is 2.22. The molecule has 0 unspecified atom stereocenters. The van der Waals surface area contributed by atoms with Gasteiger partial charge in [0.25, 0.3) is 0 Å². The molecule has 3 nitrogen and oxygen atoms in total. The van der Waals surface area contributed by atoms with Crippen molar-refractivity contribution < 1.29 is 13.2 Å². The molecule has 14 heavy (non-hydrogen) atoms. The van der Waals surface area contributed by atoms with Gasteiger partial charge in [-0.05, 0) is 24.3 Å². The zero-order valence-corrected chi connectivity index (χ0v) is 7.12. The van der Waals surface area contributed by atoms with Gasteiger partial charge in [0.05, 0.1) is 0 Å². The first kappa shape index (κ1) is 8.74. The molecule has 0 fully saturated rings. The van der Waals surface area contributed by atoms with E-state index in [4.69, 9.17) is 4.42 Å². The molecule has 1 aromatic carbocycles. The largest absolute Gasteiger partial charge is 0.519 e. The van der Waals surface area contributed by atoms with Crippen LogP contribution in [0.15, 0.2) is 37.9 Å². The molecule has 0 atom stereocenters. The highest BCUT2D eigenvalue weighted by Gasteiger charge is 2.10. The van der Waals surface area contributed by atoms with E-state index < -0.39 is 5.82 Å². The molecule has 0 amide bonds. The van der Waals surface area contributed by atoms with Crippen LogP contribution in [0.5, 0.6) is 0 Å². The summed E-state index contributed by atoms with van der Waals surface area (Å²) in [6, 6.07) is 5.50. The number of halogens is 1. The van der Waals surface area contributed by atoms with Gasteiger partial charge in [-0.2, -0.15) is 0 Å². The van der Waals surface area contributed by atoms with Crippen molar-refractivity contribution in [1.82, 2.24) is 0 Å². The molecule has 71 valence electrons. The highest BCUT2D eigenvalue weighted by Crippen LogP contribution is 2.21. The quantitative estimate of drug-likeness (QED) is 0.697. The number of hydrogen-bond acceptors (Lipinski definition) is 3. The Morgan fingerprint density at radius 3 is 2.29 bits per heavy atom. The minimum absolute atomic E-state index is 0.140. The summed E-state index contributed by atoms with van der Waals surface area (Å²) in [6.45, 7) is 3.49. The van der Waals surface area contributed by atoms with Gasteiger partial charge >= 0.3 is 5.82 Å². The maximum absolute atomic E-state index is 12.6. The highest BCUT2D eigenvalue weighted by atomic mass is 19.1. The van der Waals surface area contributed by atoms with Gasteiger partial charge in [0.1, 0.15) is 5.82 Å². The summed E-state index contributed by atoms with van der Waals surface area (Å²) >= 11 is 0. The summed E-state index contributed by atoms with van der Waals surface area (Å²) in [5, 5.41) is 0. The third-order valence-corrected chi connectivity index (χ3v) is 1.75. The van der Waals surface area contributed by atoms with E-state index in [1.54, 1.807) is 0 Å². The number of hydrogen-bond donors (Lipinski definition) is 0. The monoisotopic (exact) mass is 193 g/mol. The lowest BCUT2D eigenvalue weighted by molar-refractivity contribution is 0.385. The maximum atomic E-state index is 12.6. The molecule has 0 aliphatic carbocycles. The summed E-state index contributed by atoms with van der Waals surface area (Å²) in [7, 11) is 0. The van der Waals surface area contributed by atoms with Crippen LogP contribution in [-0.2, 0) is 0 Å². The zero-order chi connectivity index (χ0) is 10.1. The lowest BCUT2D eigenvalue weighted by Gasteiger charge is -1.95. The van der Waals surface area contributed by atoms with Crippen molar-refractivity contribution in [2.24, 2.45) is 0 Å². The van der Waals surface area contributed by atoms with Gasteiger partial charge in [-0.15, -0.1) is 0 Å². The van der Waals surface area contributed by atoms with E-state index in [1.165, 1.54) is 24.3 Å². The van der Waals surface area contributed by atoms with Crippen molar-refractivity contribution in [3.8, 4) is 11.3 Å². The molecule has 0 saturated heterocycles. The predicted molar refractivity (Wildman–Crippen MR) is 47.1 cm³/mol. The molecular weight excluding hydrogens is 187 g/mol. The second kappa shape index (κ2) is 3.14. The van der Waals surface area contributed by atoms with Crippen molar-refractivity contribution in [2.75, 3.05) is 0 Å². The first-order valence-electron chi connectivity index (χ1n) is 3.88. The first-order valence-corrected chi connectivity index (χ1v) is 3.88. The van der Waals surface area contributed by atoms with Crippen LogP contribution >= 0.6 is 0 Å². The second-order valence-electron chi connectivity index (χ2n) is 2.71. The molecule has 0 aliphatic rings. The van der Waals surface area contributed by atoms with E-state index in [9.17, 15) is 9.18 Å². The Bertz CT molecular complexity index is 493. The third-order valence-electron chi connectivity index (χ3n) is 1.75. The molecule has 0 saturated carbocycles. The van der Waals surface area contributed by atoms with Crippen molar-refractivity contribution in [1.29, 1.82) is 0 Å². The average molecular weight is 193 g/mol. The van der Waals surface area contributed by atoms with Crippen molar-refractivity contribution in [3.63, 3.8) is 0 Å². The van der Waals surface area contributed by atoms with Crippen LogP contribution in [0, 0.1) is 12.7 Å². The molecule has 0 aliphatic heterocycles. The lowest BCUT2D eigenvalue weighted by atomic mass is 10.1. The molecule has 1 aromatic heterocycles. The van der Waals surface area contributed by atoms with E-state index >= 15 is 0 Å². The van der Waals surface area contributed by atoms with Gasteiger partial charge in [-0.3, -0.25) is 0 Å². The highest BCUT2D eigenvalue weighted by molar-refractivity contribution is 5.59. The Hall–Kier alpha value is -1.84. The Morgan fingerprint density at radius 2 is 1.79 bits per heavy atom. The summed E-state index contributed by atoms with van der Waals surface area (Å²) in [5.74, 6) is -0.795. The molecule has 0 bridgehead atoms. The summed E-state index contributed by atoms with van der Waals surface area (Å²) in [4.78, 5) is 10.7. The van der Waals surface area contributed by atoms with Crippen molar-refractivity contribution in [2.45, 2.75) is 0 Å². The summed E-state index contributed by atoms with van der Waals surface area (Å²) in [5.41, 5.74) is 0.558. The van der Waals surface area contributed by atoms with E-state index in [2.05, 4.69) is 11.3 Å². The Kier molecular flexibility index (Phi) is 1.96. The summed E-state index contributed by atoms with van der Waals surface area (Å²) < 4.78 is 21.9. The molecule has 2 rings (SSSR count). The topological polar surface area (TPSA) is 43.4 Å².